The normalized spacial score (nSPS) is 12.5. The Morgan fingerprint density at radius 2 is 2.00 bits per heavy atom. The van der Waals surface area contributed by atoms with Crippen molar-refractivity contribution < 1.29 is 13.2 Å². The smallest absolute Gasteiger partial charge is 0.261 e. The van der Waals surface area contributed by atoms with Gasteiger partial charge < -0.3 is 11.1 Å². The Morgan fingerprint density at radius 3 is 2.62 bits per heavy atom. The molecule has 7 heteroatoms. The molecular weight excluding hydrogens is 308 g/mol. The maximum atomic E-state index is 12.1. The first kappa shape index (κ1) is 15.8. The zero-order chi connectivity index (χ0) is 15.8. The molecule has 5 nitrogen and oxygen atoms in total. The minimum Gasteiger partial charge on any atom is -0.399 e. The summed E-state index contributed by atoms with van der Waals surface area (Å²) >= 11 is 1.36. The van der Waals surface area contributed by atoms with Gasteiger partial charge in [-0.05, 0) is 43.5 Å². The van der Waals surface area contributed by atoms with E-state index in [0.717, 1.165) is 10.1 Å². The number of hydrogen-bond donors (Lipinski definition) is 2. The van der Waals surface area contributed by atoms with Crippen molar-refractivity contribution in [3.63, 3.8) is 0 Å². The summed E-state index contributed by atoms with van der Waals surface area (Å²) in [7, 11) is -3.24. The summed E-state index contributed by atoms with van der Waals surface area (Å²) in [5.74, 6) is -0.272. The Kier molecular flexibility index (Phi) is 3.99. The van der Waals surface area contributed by atoms with E-state index in [0.29, 0.717) is 10.6 Å². The van der Waals surface area contributed by atoms with Gasteiger partial charge >= 0.3 is 0 Å². The highest BCUT2D eigenvalue weighted by atomic mass is 32.2. The van der Waals surface area contributed by atoms with Crippen LogP contribution in [-0.2, 0) is 9.84 Å². The van der Waals surface area contributed by atoms with Crippen LogP contribution in [0, 0.1) is 0 Å². The van der Waals surface area contributed by atoms with E-state index >= 15 is 0 Å². The van der Waals surface area contributed by atoms with Crippen molar-refractivity contribution in [1.29, 1.82) is 0 Å². The first-order valence-corrected chi connectivity index (χ1v) is 9.08. The molecule has 0 fully saturated rings. The average molecular weight is 326 g/mol. The summed E-state index contributed by atoms with van der Waals surface area (Å²) in [4.78, 5) is 12.7. The van der Waals surface area contributed by atoms with Crippen LogP contribution in [0.3, 0.4) is 0 Å². The van der Waals surface area contributed by atoms with Crippen LogP contribution in [0.4, 0.5) is 5.69 Å². The summed E-state index contributed by atoms with van der Waals surface area (Å²) in [5, 5.41) is 3.59. The number of nitrogens with one attached hydrogen (secondary N) is 1. The molecule has 0 bridgehead atoms. The topological polar surface area (TPSA) is 89.3 Å². The van der Waals surface area contributed by atoms with Gasteiger partial charge in [0.05, 0.1) is 9.62 Å². The highest BCUT2D eigenvalue weighted by Gasteiger charge is 2.30. The number of carbonyl (C=O) groups is 1. The van der Waals surface area contributed by atoms with E-state index < -0.39 is 14.6 Å². The number of anilines is 1. The van der Waals surface area contributed by atoms with Gasteiger partial charge in [-0.3, -0.25) is 4.79 Å². The number of sulfone groups is 1. The summed E-state index contributed by atoms with van der Waals surface area (Å²) in [6.07, 6.45) is 1.17. The lowest BCUT2D eigenvalue weighted by molar-refractivity contribution is 0.0954. The Balaban J connectivity index is 2.16. The molecule has 0 atom stereocenters. The molecular formula is C14H18N2O3S2. The van der Waals surface area contributed by atoms with Gasteiger partial charge in [0.15, 0.2) is 9.84 Å². The molecule has 0 saturated heterocycles. The minimum absolute atomic E-state index is 0.0705. The number of amides is 1. The van der Waals surface area contributed by atoms with E-state index in [1.165, 1.54) is 17.6 Å². The molecule has 1 aromatic heterocycles. The summed E-state index contributed by atoms with van der Waals surface area (Å²) in [6.45, 7) is 3.25. The number of benzene rings is 1. The number of carbonyl (C=O) groups excluding carboxylic acids is 1. The minimum atomic E-state index is -3.24. The van der Waals surface area contributed by atoms with Gasteiger partial charge in [0.1, 0.15) is 0 Å². The van der Waals surface area contributed by atoms with Crippen molar-refractivity contribution in [1.82, 2.24) is 5.32 Å². The molecule has 2 rings (SSSR count). The SMILES string of the molecule is CC(C)(CNC(=O)c1cc2cc(N)ccc2s1)S(C)(=O)=O. The molecule has 21 heavy (non-hydrogen) atoms. The lowest BCUT2D eigenvalue weighted by Gasteiger charge is -2.22. The predicted octanol–water partition coefficient (Wildman–Crippen LogP) is 2.04. The Hall–Kier alpha value is -1.60. The second-order valence-corrected chi connectivity index (χ2v) is 9.36. The summed E-state index contributed by atoms with van der Waals surface area (Å²) < 4.78 is 23.2. The molecule has 0 radical (unpaired) electrons. The summed E-state index contributed by atoms with van der Waals surface area (Å²) in [6, 6.07) is 7.22. The standard InChI is InChI=1S/C14H18N2O3S2/c1-14(2,21(3,18)19)8-16-13(17)12-7-9-6-10(15)4-5-11(9)20-12/h4-7H,8,15H2,1-3H3,(H,16,17). The molecule has 0 aliphatic rings. The van der Waals surface area contributed by atoms with Gasteiger partial charge in [-0.15, -0.1) is 11.3 Å². The van der Waals surface area contributed by atoms with Crippen LogP contribution in [0.2, 0.25) is 0 Å². The van der Waals surface area contributed by atoms with E-state index in [4.69, 9.17) is 5.73 Å². The summed E-state index contributed by atoms with van der Waals surface area (Å²) in [5.41, 5.74) is 6.35. The second-order valence-electron chi connectivity index (χ2n) is 5.62. The van der Waals surface area contributed by atoms with Crippen LogP contribution < -0.4 is 11.1 Å². The second kappa shape index (κ2) is 5.31. The van der Waals surface area contributed by atoms with Crippen molar-refractivity contribution >= 4 is 42.9 Å². The van der Waals surface area contributed by atoms with Crippen LogP contribution in [0.15, 0.2) is 24.3 Å². The third-order valence-electron chi connectivity index (χ3n) is 3.44. The van der Waals surface area contributed by atoms with Gasteiger partial charge in [-0.1, -0.05) is 0 Å². The molecule has 0 unspecified atom stereocenters. The number of nitrogens with two attached hydrogens (primary N) is 1. The fourth-order valence-electron chi connectivity index (χ4n) is 1.69. The van der Waals surface area contributed by atoms with Crippen LogP contribution in [0.25, 0.3) is 10.1 Å². The molecule has 1 heterocycles. The van der Waals surface area contributed by atoms with Crippen molar-refractivity contribution in [3.05, 3.63) is 29.1 Å². The van der Waals surface area contributed by atoms with Gasteiger partial charge in [0.25, 0.3) is 5.91 Å². The first-order chi connectivity index (χ1) is 9.60. The third kappa shape index (κ3) is 3.36. The third-order valence-corrected chi connectivity index (χ3v) is 6.71. The van der Waals surface area contributed by atoms with E-state index in [2.05, 4.69) is 5.32 Å². The van der Waals surface area contributed by atoms with E-state index in [1.807, 2.05) is 12.1 Å². The lowest BCUT2D eigenvalue weighted by Crippen LogP contribution is -2.43. The van der Waals surface area contributed by atoms with Gasteiger partial charge in [0.2, 0.25) is 0 Å². The monoisotopic (exact) mass is 326 g/mol. The quantitative estimate of drug-likeness (QED) is 0.841. The number of fused-ring (bicyclic) bond motifs is 1. The van der Waals surface area contributed by atoms with E-state index in [1.54, 1.807) is 26.0 Å². The van der Waals surface area contributed by atoms with Crippen LogP contribution in [0.5, 0.6) is 0 Å². The van der Waals surface area contributed by atoms with Crippen molar-refractivity contribution in [2.24, 2.45) is 0 Å². The Bertz CT molecular complexity index is 792. The highest BCUT2D eigenvalue weighted by Crippen LogP contribution is 2.27. The molecule has 3 N–H and O–H groups in total. The molecule has 1 amide bonds. The van der Waals surface area contributed by atoms with Gasteiger partial charge in [-0.25, -0.2) is 8.42 Å². The van der Waals surface area contributed by atoms with Crippen molar-refractivity contribution in [2.75, 3.05) is 18.5 Å². The Labute approximate surface area is 128 Å². The predicted molar refractivity (Wildman–Crippen MR) is 87.5 cm³/mol. The first-order valence-electron chi connectivity index (χ1n) is 6.37. The Morgan fingerprint density at radius 1 is 1.33 bits per heavy atom. The highest BCUT2D eigenvalue weighted by molar-refractivity contribution is 7.92. The molecule has 0 spiro atoms. The molecule has 114 valence electrons. The average Bonchev–Trinajstić information content (AvgIpc) is 2.77. The maximum absolute atomic E-state index is 12.1. The van der Waals surface area contributed by atoms with Crippen LogP contribution in [-0.4, -0.2) is 31.9 Å². The van der Waals surface area contributed by atoms with Crippen molar-refractivity contribution in [2.45, 2.75) is 18.6 Å². The number of hydrogen-bond acceptors (Lipinski definition) is 5. The fraction of sp³-hybridized carbons (Fsp3) is 0.357. The molecule has 2 aromatic rings. The van der Waals surface area contributed by atoms with Gasteiger partial charge in [-0.2, -0.15) is 0 Å². The fourth-order valence-corrected chi connectivity index (χ4v) is 2.98. The largest absolute Gasteiger partial charge is 0.399 e. The van der Waals surface area contributed by atoms with Gasteiger partial charge in [0, 0.05) is 23.2 Å². The zero-order valence-corrected chi connectivity index (χ0v) is 13.8. The number of thiophene rings is 1. The van der Waals surface area contributed by atoms with E-state index in [9.17, 15) is 13.2 Å². The van der Waals surface area contributed by atoms with Crippen LogP contribution >= 0.6 is 11.3 Å². The van der Waals surface area contributed by atoms with E-state index in [-0.39, 0.29) is 12.5 Å². The molecule has 0 aliphatic heterocycles. The van der Waals surface area contributed by atoms with Crippen molar-refractivity contribution in [3.8, 4) is 0 Å². The molecule has 1 aromatic carbocycles. The lowest BCUT2D eigenvalue weighted by atomic mass is 10.2. The van der Waals surface area contributed by atoms with Crippen LogP contribution in [0.1, 0.15) is 23.5 Å². The number of nitrogen functional groups attached to an aromatic ring is 1. The zero-order valence-electron chi connectivity index (χ0n) is 12.1. The molecule has 0 aliphatic carbocycles. The maximum Gasteiger partial charge on any atom is 0.261 e. The number of rotatable bonds is 4. The molecule has 0 saturated carbocycles.